The maximum Gasteiger partial charge on any atom is 0.256 e. The summed E-state index contributed by atoms with van der Waals surface area (Å²) < 4.78 is 0.726. The molecule has 0 aromatic heterocycles. The Morgan fingerprint density at radius 1 is 1.69 bits per heavy atom. The molecule has 1 rings (SSSR count). The minimum atomic E-state index is -0.372. The van der Waals surface area contributed by atoms with Crippen LogP contribution in [0.5, 0.6) is 5.75 Å². The van der Waals surface area contributed by atoms with Gasteiger partial charge in [-0.25, -0.2) is 0 Å². The lowest BCUT2D eigenvalue weighted by molar-refractivity contribution is 0.0942. The second-order valence-electron chi connectivity index (χ2n) is 3.26. The first-order valence-electron chi connectivity index (χ1n) is 4.84. The van der Waals surface area contributed by atoms with Crippen LogP contribution in [-0.4, -0.2) is 17.1 Å². The second kappa shape index (κ2) is 5.57. The monoisotopic (exact) mass is 281 g/mol. The minimum absolute atomic E-state index is 0.0624. The molecule has 1 aromatic carbocycles. The SMILES string of the molecule is C#CC(CC)NC(=O)c1cc(Br)ccc1O. The lowest BCUT2D eigenvalue weighted by Crippen LogP contribution is -2.33. The zero-order valence-electron chi connectivity index (χ0n) is 8.83. The van der Waals surface area contributed by atoms with E-state index in [0.29, 0.717) is 6.42 Å². The molecule has 0 heterocycles. The molecule has 0 spiro atoms. The van der Waals surface area contributed by atoms with Gasteiger partial charge in [0.15, 0.2) is 0 Å². The van der Waals surface area contributed by atoms with Crippen LogP contribution in [-0.2, 0) is 0 Å². The van der Waals surface area contributed by atoms with Gasteiger partial charge in [0.25, 0.3) is 5.91 Å². The van der Waals surface area contributed by atoms with Crippen molar-refractivity contribution in [2.45, 2.75) is 19.4 Å². The quantitative estimate of drug-likeness (QED) is 0.836. The second-order valence-corrected chi connectivity index (χ2v) is 4.18. The number of halogens is 1. The highest BCUT2D eigenvalue weighted by atomic mass is 79.9. The molecule has 1 atom stereocenters. The molecule has 0 aliphatic carbocycles. The fraction of sp³-hybridized carbons (Fsp3) is 0.250. The van der Waals surface area contributed by atoms with E-state index in [1.165, 1.54) is 6.07 Å². The number of phenolic OH excluding ortho intramolecular Hbond substituents is 1. The van der Waals surface area contributed by atoms with Crippen molar-refractivity contribution in [3.8, 4) is 18.1 Å². The highest BCUT2D eigenvalue weighted by Crippen LogP contribution is 2.21. The number of aromatic hydroxyl groups is 1. The average Bonchev–Trinajstić information content (AvgIpc) is 2.28. The number of amides is 1. The van der Waals surface area contributed by atoms with Gasteiger partial charge in [0.05, 0.1) is 11.6 Å². The fourth-order valence-electron chi connectivity index (χ4n) is 1.19. The van der Waals surface area contributed by atoms with Crippen molar-refractivity contribution in [3.05, 3.63) is 28.2 Å². The summed E-state index contributed by atoms with van der Waals surface area (Å²) in [6.07, 6.45) is 5.89. The van der Waals surface area contributed by atoms with Crippen LogP contribution >= 0.6 is 15.9 Å². The van der Waals surface area contributed by atoms with Crippen molar-refractivity contribution >= 4 is 21.8 Å². The first kappa shape index (κ1) is 12.6. The molecular formula is C12H12BrNO2. The predicted molar refractivity (Wildman–Crippen MR) is 66.2 cm³/mol. The van der Waals surface area contributed by atoms with Crippen LogP contribution < -0.4 is 5.32 Å². The van der Waals surface area contributed by atoms with E-state index in [0.717, 1.165) is 4.47 Å². The van der Waals surface area contributed by atoms with Gasteiger partial charge in [-0.3, -0.25) is 4.79 Å². The zero-order chi connectivity index (χ0) is 12.1. The standard InChI is InChI=1S/C12H12BrNO2/c1-3-9(4-2)14-12(16)10-7-8(13)5-6-11(10)15/h1,5-7,9,15H,4H2,2H3,(H,14,16). The Kier molecular flexibility index (Phi) is 4.39. The molecule has 84 valence electrons. The van der Waals surface area contributed by atoms with Gasteiger partial charge in [-0.1, -0.05) is 28.8 Å². The number of carbonyl (C=O) groups excluding carboxylic acids is 1. The van der Waals surface area contributed by atoms with E-state index in [2.05, 4.69) is 27.2 Å². The van der Waals surface area contributed by atoms with Gasteiger partial charge in [-0.2, -0.15) is 0 Å². The van der Waals surface area contributed by atoms with Crippen molar-refractivity contribution < 1.29 is 9.90 Å². The number of hydrogen-bond acceptors (Lipinski definition) is 2. The number of nitrogens with one attached hydrogen (secondary N) is 1. The number of terminal acetylenes is 1. The van der Waals surface area contributed by atoms with E-state index in [-0.39, 0.29) is 23.3 Å². The van der Waals surface area contributed by atoms with E-state index in [9.17, 15) is 9.90 Å². The van der Waals surface area contributed by atoms with Gasteiger partial charge in [-0.15, -0.1) is 6.42 Å². The molecule has 0 saturated heterocycles. The molecular weight excluding hydrogens is 270 g/mol. The lowest BCUT2D eigenvalue weighted by atomic mass is 10.1. The zero-order valence-corrected chi connectivity index (χ0v) is 10.4. The molecule has 0 radical (unpaired) electrons. The van der Waals surface area contributed by atoms with Crippen molar-refractivity contribution in [1.82, 2.24) is 5.32 Å². The third-order valence-electron chi connectivity index (χ3n) is 2.12. The first-order chi connectivity index (χ1) is 7.58. The molecule has 1 amide bonds. The highest BCUT2D eigenvalue weighted by molar-refractivity contribution is 9.10. The van der Waals surface area contributed by atoms with Crippen molar-refractivity contribution in [3.63, 3.8) is 0 Å². The molecule has 4 heteroatoms. The Morgan fingerprint density at radius 3 is 2.94 bits per heavy atom. The van der Waals surface area contributed by atoms with Gasteiger partial charge in [0, 0.05) is 4.47 Å². The van der Waals surface area contributed by atoms with Gasteiger partial charge in [-0.05, 0) is 24.6 Å². The average molecular weight is 282 g/mol. The molecule has 1 unspecified atom stereocenters. The Bertz CT molecular complexity index is 437. The molecule has 1 aromatic rings. The third-order valence-corrected chi connectivity index (χ3v) is 2.61. The maximum atomic E-state index is 11.8. The van der Waals surface area contributed by atoms with Crippen molar-refractivity contribution in [2.24, 2.45) is 0 Å². The van der Waals surface area contributed by atoms with Crippen molar-refractivity contribution in [1.29, 1.82) is 0 Å². The largest absolute Gasteiger partial charge is 0.507 e. The Hall–Kier alpha value is -1.47. The van der Waals surface area contributed by atoms with Crippen LogP contribution in [0.1, 0.15) is 23.7 Å². The summed E-state index contributed by atoms with van der Waals surface area (Å²) in [5, 5.41) is 12.2. The summed E-state index contributed by atoms with van der Waals surface area (Å²) in [5.74, 6) is 2.03. The molecule has 0 bridgehead atoms. The van der Waals surface area contributed by atoms with E-state index in [1.807, 2.05) is 6.92 Å². The third kappa shape index (κ3) is 3.01. The molecule has 0 fully saturated rings. The molecule has 0 saturated carbocycles. The number of benzene rings is 1. The Labute approximate surface area is 103 Å². The fourth-order valence-corrected chi connectivity index (χ4v) is 1.55. The number of phenols is 1. The Balaban J connectivity index is 2.89. The van der Waals surface area contributed by atoms with E-state index >= 15 is 0 Å². The molecule has 0 aliphatic heterocycles. The predicted octanol–water partition coefficient (Wildman–Crippen LogP) is 2.30. The summed E-state index contributed by atoms with van der Waals surface area (Å²) in [4.78, 5) is 11.8. The van der Waals surface area contributed by atoms with Crippen LogP contribution in [0.25, 0.3) is 0 Å². The van der Waals surface area contributed by atoms with Crippen LogP contribution in [0.3, 0.4) is 0 Å². The van der Waals surface area contributed by atoms with Crippen LogP contribution in [0.4, 0.5) is 0 Å². The summed E-state index contributed by atoms with van der Waals surface area (Å²) in [6, 6.07) is 4.35. The van der Waals surface area contributed by atoms with Gasteiger partial charge >= 0.3 is 0 Å². The lowest BCUT2D eigenvalue weighted by Gasteiger charge is -2.11. The Morgan fingerprint density at radius 2 is 2.38 bits per heavy atom. The van der Waals surface area contributed by atoms with Gasteiger partial charge < -0.3 is 10.4 Å². The molecule has 2 N–H and O–H groups in total. The van der Waals surface area contributed by atoms with E-state index in [4.69, 9.17) is 6.42 Å². The van der Waals surface area contributed by atoms with E-state index in [1.54, 1.807) is 12.1 Å². The number of carbonyl (C=O) groups is 1. The molecule has 16 heavy (non-hydrogen) atoms. The summed E-state index contributed by atoms with van der Waals surface area (Å²) in [7, 11) is 0. The number of rotatable bonds is 3. The van der Waals surface area contributed by atoms with Crippen LogP contribution in [0, 0.1) is 12.3 Å². The number of hydrogen-bond donors (Lipinski definition) is 2. The smallest absolute Gasteiger partial charge is 0.256 e. The minimum Gasteiger partial charge on any atom is -0.507 e. The maximum absolute atomic E-state index is 11.8. The molecule has 3 nitrogen and oxygen atoms in total. The van der Waals surface area contributed by atoms with Crippen LogP contribution in [0.2, 0.25) is 0 Å². The van der Waals surface area contributed by atoms with Crippen LogP contribution in [0.15, 0.2) is 22.7 Å². The van der Waals surface area contributed by atoms with E-state index < -0.39 is 0 Å². The summed E-state index contributed by atoms with van der Waals surface area (Å²) >= 11 is 3.23. The van der Waals surface area contributed by atoms with Crippen molar-refractivity contribution in [2.75, 3.05) is 0 Å². The topological polar surface area (TPSA) is 49.3 Å². The molecule has 0 aliphatic rings. The normalized spacial score (nSPS) is 11.6. The van der Waals surface area contributed by atoms with Gasteiger partial charge in [0.2, 0.25) is 0 Å². The highest BCUT2D eigenvalue weighted by Gasteiger charge is 2.14. The van der Waals surface area contributed by atoms with Gasteiger partial charge in [0.1, 0.15) is 5.75 Å². The summed E-state index contributed by atoms with van der Waals surface area (Å²) in [6.45, 7) is 1.88. The first-order valence-corrected chi connectivity index (χ1v) is 5.63. The summed E-state index contributed by atoms with van der Waals surface area (Å²) in [5.41, 5.74) is 0.211.